The average Bonchev–Trinajstić information content (AvgIpc) is 2.79. The van der Waals surface area contributed by atoms with Gasteiger partial charge in [0.05, 0.1) is 11.7 Å². The average molecular weight is 266 g/mol. The summed E-state index contributed by atoms with van der Waals surface area (Å²) in [6.45, 7) is 7.85. The zero-order valence-corrected chi connectivity index (χ0v) is 12.8. The van der Waals surface area contributed by atoms with Crippen LogP contribution in [-0.2, 0) is 12.8 Å². The fraction of sp³-hybridized carbons (Fsp3) is 0.800. The molecule has 1 aromatic rings. The molecule has 3 heteroatoms. The number of fused-ring (bicyclic) bond motifs is 1. The fourth-order valence-corrected chi connectivity index (χ4v) is 4.24. The molecule has 102 valence electrons. The zero-order chi connectivity index (χ0) is 13.0. The molecule has 0 amide bonds. The Balaban J connectivity index is 2.16. The van der Waals surface area contributed by atoms with Crippen molar-refractivity contribution in [2.45, 2.75) is 65.3 Å². The molecule has 0 saturated heterocycles. The number of rotatable bonds is 6. The zero-order valence-electron chi connectivity index (χ0n) is 12.0. The monoisotopic (exact) mass is 266 g/mol. The van der Waals surface area contributed by atoms with Gasteiger partial charge in [-0.1, -0.05) is 27.2 Å². The van der Waals surface area contributed by atoms with Gasteiger partial charge in [-0.2, -0.15) is 0 Å². The fourth-order valence-electron chi connectivity index (χ4n) is 2.88. The molecular weight excluding hydrogens is 240 g/mol. The van der Waals surface area contributed by atoms with Crippen molar-refractivity contribution < 1.29 is 0 Å². The number of nitrogens with zero attached hydrogens (tertiary/aromatic N) is 1. The van der Waals surface area contributed by atoms with Gasteiger partial charge < -0.3 is 5.32 Å². The molecule has 1 aliphatic rings. The van der Waals surface area contributed by atoms with Crippen LogP contribution in [0.5, 0.6) is 0 Å². The second-order valence-corrected chi connectivity index (χ2v) is 6.55. The van der Waals surface area contributed by atoms with Crippen LogP contribution in [0.25, 0.3) is 0 Å². The summed E-state index contributed by atoms with van der Waals surface area (Å²) in [5.74, 6) is 0.683. The second-order valence-electron chi connectivity index (χ2n) is 5.43. The highest BCUT2D eigenvalue weighted by Crippen LogP contribution is 2.33. The summed E-state index contributed by atoms with van der Waals surface area (Å²) in [4.78, 5) is 6.49. The molecule has 0 saturated carbocycles. The topological polar surface area (TPSA) is 24.9 Å². The lowest BCUT2D eigenvalue weighted by molar-refractivity contribution is 0.367. The summed E-state index contributed by atoms with van der Waals surface area (Å²) < 4.78 is 0. The molecule has 0 aromatic carbocycles. The van der Waals surface area contributed by atoms with Gasteiger partial charge in [-0.25, -0.2) is 4.98 Å². The summed E-state index contributed by atoms with van der Waals surface area (Å²) in [6.07, 6.45) is 7.68. The number of thiazole rings is 1. The van der Waals surface area contributed by atoms with E-state index in [1.165, 1.54) is 49.2 Å². The molecule has 1 heterocycles. The first-order valence-electron chi connectivity index (χ1n) is 7.48. The van der Waals surface area contributed by atoms with Crippen LogP contribution in [0.15, 0.2) is 0 Å². The van der Waals surface area contributed by atoms with E-state index in [1.807, 2.05) is 11.3 Å². The molecule has 1 aliphatic carbocycles. The Morgan fingerprint density at radius 2 is 2.06 bits per heavy atom. The van der Waals surface area contributed by atoms with E-state index in [2.05, 4.69) is 26.1 Å². The maximum absolute atomic E-state index is 4.93. The first kappa shape index (κ1) is 14.0. The molecule has 2 nitrogen and oxygen atoms in total. The SMILES string of the molecule is CCCC(C)C(NCC)c1nc2c(s1)CCCC2. The van der Waals surface area contributed by atoms with Crippen molar-refractivity contribution in [3.8, 4) is 0 Å². The Bertz CT molecular complexity index is 349. The normalized spacial score (nSPS) is 18.4. The van der Waals surface area contributed by atoms with E-state index >= 15 is 0 Å². The van der Waals surface area contributed by atoms with Crippen LogP contribution in [-0.4, -0.2) is 11.5 Å². The predicted octanol–water partition coefficient (Wildman–Crippen LogP) is 4.11. The van der Waals surface area contributed by atoms with E-state index in [9.17, 15) is 0 Å². The molecule has 2 unspecified atom stereocenters. The van der Waals surface area contributed by atoms with Crippen molar-refractivity contribution in [1.82, 2.24) is 10.3 Å². The number of aryl methyl sites for hydroxylation is 2. The van der Waals surface area contributed by atoms with E-state index in [1.54, 1.807) is 4.88 Å². The van der Waals surface area contributed by atoms with Crippen LogP contribution in [0.4, 0.5) is 0 Å². The van der Waals surface area contributed by atoms with Gasteiger partial charge in [-0.3, -0.25) is 0 Å². The van der Waals surface area contributed by atoms with E-state index in [0.717, 1.165) is 6.54 Å². The number of aromatic nitrogens is 1. The van der Waals surface area contributed by atoms with E-state index < -0.39 is 0 Å². The van der Waals surface area contributed by atoms with Crippen LogP contribution in [0.1, 0.15) is 68.1 Å². The quantitative estimate of drug-likeness (QED) is 0.838. The van der Waals surface area contributed by atoms with Gasteiger partial charge in [0.1, 0.15) is 5.01 Å². The van der Waals surface area contributed by atoms with Gasteiger partial charge in [0.2, 0.25) is 0 Å². The number of nitrogens with one attached hydrogen (secondary N) is 1. The lowest BCUT2D eigenvalue weighted by Crippen LogP contribution is -2.26. The maximum Gasteiger partial charge on any atom is 0.110 e. The summed E-state index contributed by atoms with van der Waals surface area (Å²) in [7, 11) is 0. The number of hydrogen-bond acceptors (Lipinski definition) is 3. The third-order valence-electron chi connectivity index (χ3n) is 3.87. The minimum Gasteiger partial charge on any atom is -0.308 e. The highest BCUT2D eigenvalue weighted by atomic mass is 32.1. The first-order valence-corrected chi connectivity index (χ1v) is 8.29. The Kier molecular flexibility index (Phi) is 5.19. The highest BCUT2D eigenvalue weighted by molar-refractivity contribution is 7.11. The smallest absolute Gasteiger partial charge is 0.110 e. The lowest BCUT2D eigenvalue weighted by Gasteiger charge is -2.22. The van der Waals surface area contributed by atoms with Gasteiger partial charge >= 0.3 is 0 Å². The van der Waals surface area contributed by atoms with Crippen LogP contribution in [0, 0.1) is 5.92 Å². The Morgan fingerprint density at radius 1 is 1.28 bits per heavy atom. The van der Waals surface area contributed by atoms with E-state index in [-0.39, 0.29) is 0 Å². The van der Waals surface area contributed by atoms with Gasteiger partial charge in [0.25, 0.3) is 0 Å². The van der Waals surface area contributed by atoms with Crippen molar-refractivity contribution in [2.75, 3.05) is 6.54 Å². The van der Waals surface area contributed by atoms with E-state index in [4.69, 9.17) is 4.98 Å². The summed E-state index contributed by atoms with van der Waals surface area (Å²) in [5.41, 5.74) is 1.40. The molecule has 0 bridgehead atoms. The standard InChI is InChI=1S/C15H26N2S/c1-4-8-11(3)14(16-5-2)15-17-12-9-6-7-10-13(12)18-15/h11,14,16H,4-10H2,1-3H3. The molecule has 1 aromatic heterocycles. The Hall–Kier alpha value is -0.410. The van der Waals surface area contributed by atoms with Crippen molar-refractivity contribution in [2.24, 2.45) is 5.92 Å². The maximum atomic E-state index is 4.93. The summed E-state index contributed by atoms with van der Waals surface area (Å²) in [5, 5.41) is 4.98. The van der Waals surface area contributed by atoms with Gasteiger partial charge in [0, 0.05) is 4.88 Å². The van der Waals surface area contributed by atoms with Crippen LogP contribution in [0.3, 0.4) is 0 Å². The molecule has 0 aliphatic heterocycles. The minimum absolute atomic E-state index is 0.463. The minimum atomic E-state index is 0.463. The third kappa shape index (κ3) is 3.12. The third-order valence-corrected chi connectivity index (χ3v) is 5.11. The number of hydrogen-bond donors (Lipinski definition) is 1. The van der Waals surface area contributed by atoms with E-state index in [0.29, 0.717) is 12.0 Å². The van der Waals surface area contributed by atoms with Crippen LogP contribution < -0.4 is 5.32 Å². The predicted molar refractivity (Wildman–Crippen MR) is 79.2 cm³/mol. The van der Waals surface area contributed by atoms with Gasteiger partial charge in [-0.05, 0) is 44.6 Å². The molecule has 0 radical (unpaired) electrons. The second kappa shape index (κ2) is 6.67. The van der Waals surface area contributed by atoms with Crippen molar-refractivity contribution in [3.63, 3.8) is 0 Å². The molecular formula is C15H26N2S. The molecule has 2 atom stereocenters. The van der Waals surface area contributed by atoms with Crippen LogP contribution >= 0.6 is 11.3 Å². The molecule has 18 heavy (non-hydrogen) atoms. The molecule has 1 N–H and O–H groups in total. The first-order chi connectivity index (χ1) is 8.76. The van der Waals surface area contributed by atoms with Crippen molar-refractivity contribution in [1.29, 1.82) is 0 Å². The van der Waals surface area contributed by atoms with Gasteiger partial charge in [-0.15, -0.1) is 11.3 Å². The van der Waals surface area contributed by atoms with Crippen molar-refractivity contribution in [3.05, 3.63) is 15.6 Å². The molecule has 2 rings (SSSR count). The summed E-state index contributed by atoms with van der Waals surface area (Å²) >= 11 is 1.96. The molecule has 0 spiro atoms. The van der Waals surface area contributed by atoms with Gasteiger partial charge in [0.15, 0.2) is 0 Å². The molecule has 0 fully saturated rings. The highest BCUT2D eigenvalue weighted by Gasteiger charge is 2.24. The summed E-state index contributed by atoms with van der Waals surface area (Å²) in [6, 6.07) is 0.463. The van der Waals surface area contributed by atoms with Crippen LogP contribution in [0.2, 0.25) is 0 Å². The Labute approximate surface area is 115 Å². The Morgan fingerprint density at radius 3 is 2.72 bits per heavy atom. The lowest BCUT2D eigenvalue weighted by atomic mass is 9.97. The largest absolute Gasteiger partial charge is 0.308 e. The van der Waals surface area contributed by atoms with Crippen molar-refractivity contribution >= 4 is 11.3 Å².